The monoisotopic (exact) mass is 553 g/mol. The maximum atomic E-state index is 13.0. The van der Waals surface area contributed by atoms with Gasteiger partial charge in [-0.15, -0.1) is 0 Å². The first-order valence-corrected chi connectivity index (χ1v) is 14.1. The van der Waals surface area contributed by atoms with Crippen LogP contribution in [0, 0.1) is 0 Å². The second kappa shape index (κ2) is 14.4. The van der Waals surface area contributed by atoms with Crippen molar-refractivity contribution in [1.82, 2.24) is 20.9 Å². The van der Waals surface area contributed by atoms with Gasteiger partial charge in [0.25, 0.3) is 0 Å². The Morgan fingerprint density at radius 3 is 2.26 bits per heavy atom. The summed E-state index contributed by atoms with van der Waals surface area (Å²) in [6.45, 7) is 1.46. The predicted octanol–water partition coefficient (Wildman–Crippen LogP) is 1.59. The fourth-order valence-corrected chi connectivity index (χ4v) is 4.61. The molecule has 3 amide bonds. The van der Waals surface area contributed by atoms with E-state index >= 15 is 0 Å². The van der Waals surface area contributed by atoms with E-state index in [9.17, 15) is 24.3 Å². The van der Waals surface area contributed by atoms with E-state index in [4.69, 9.17) is 5.73 Å². The zero-order valence-corrected chi connectivity index (χ0v) is 22.8. The summed E-state index contributed by atoms with van der Waals surface area (Å²) in [5.74, 6) is -2.26. The Labute approximate surface area is 231 Å². The lowest BCUT2D eigenvalue weighted by Crippen LogP contribution is -2.56. The van der Waals surface area contributed by atoms with Gasteiger partial charge < -0.3 is 31.8 Å². The molecule has 208 valence electrons. The molecule has 11 heteroatoms. The Kier molecular flexibility index (Phi) is 10.9. The topological polar surface area (TPSA) is 166 Å². The number of carbonyl (C=O) groups is 4. The van der Waals surface area contributed by atoms with Gasteiger partial charge in [-0.25, -0.2) is 4.79 Å². The smallest absolute Gasteiger partial charge is 0.326 e. The van der Waals surface area contributed by atoms with E-state index < -0.39 is 47.9 Å². The quantitative estimate of drug-likeness (QED) is 0.176. The Morgan fingerprint density at radius 1 is 0.897 bits per heavy atom. The molecule has 3 aromatic rings. The van der Waals surface area contributed by atoms with E-state index in [-0.39, 0.29) is 6.42 Å². The lowest BCUT2D eigenvalue weighted by Gasteiger charge is -2.23. The second-order valence-corrected chi connectivity index (χ2v) is 10.3. The molecular formula is C28H35N5O5S. The highest BCUT2D eigenvalue weighted by Crippen LogP contribution is 2.19. The summed E-state index contributed by atoms with van der Waals surface area (Å²) in [5, 5.41) is 18.4. The number of carbonyl (C=O) groups excluding carboxylic acids is 3. The fourth-order valence-electron chi connectivity index (χ4n) is 4.14. The molecule has 0 saturated carbocycles. The first kappa shape index (κ1) is 29.7. The number of nitrogens with one attached hydrogen (secondary N) is 4. The largest absolute Gasteiger partial charge is 0.480 e. The van der Waals surface area contributed by atoms with Gasteiger partial charge in [0.1, 0.15) is 18.1 Å². The summed E-state index contributed by atoms with van der Waals surface area (Å²) in [6, 6.07) is 12.8. The number of nitrogens with two attached hydrogens (primary N) is 1. The maximum Gasteiger partial charge on any atom is 0.326 e. The predicted molar refractivity (Wildman–Crippen MR) is 152 cm³/mol. The Morgan fingerprint density at radius 2 is 1.56 bits per heavy atom. The minimum atomic E-state index is -1.20. The molecule has 0 saturated heterocycles. The van der Waals surface area contributed by atoms with Crippen molar-refractivity contribution in [3.8, 4) is 0 Å². The molecule has 0 aliphatic heterocycles. The third kappa shape index (κ3) is 8.59. The zero-order chi connectivity index (χ0) is 28.4. The molecule has 0 aliphatic carbocycles. The Bertz CT molecular complexity index is 1280. The Balaban J connectivity index is 1.59. The van der Waals surface area contributed by atoms with Gasteiger partial charge in [0.15, 0.2) is 0 Å². The van der Waals surface area contributed by atoms with Gasteiger partial charge in [0.05, 0.1) is 6.04 Å². The lowest BCUT2D eigenvalue weighted by atomic mass is 10.0. The normalized spacial score (nSPS) is 14.1. The van der Waals surface area contributed by atoms with Gasteiger partial charge in [-0.3, -0.25) is 14.4 Å². The number of aromatic amines is 1. The van der Waals surface area contributed by atoms with E-state index in [2.05, 4.69) is 20.9 Å². The van der Waals surface area contributed by atoms with Gasteiger partial charge in [-0.2, -0.15) is 11.8 Å². The van der Waals surface area contributed by atoms with Crippen LogP contribution in [0.1, 0.15) is 24.5 Å². The van der Waals surface area contributed by atoms with Crippen LogP contribution in [0.2, 0.25) is 0 Å². The number of fused-ring (bicyclic) bond motifs is 1. The fraction of sp³-hybridized carbons (Fsp3) is 0.357. The number of thioether (sulfide) groups is 1. The molecule has 10 nitrogen and oxygen atoms in total. The summed E-state index contributed by atoms with van der Waals surface area (Å²) in [5.41, 5.74) is 8.60. The SMILES string of the molecule is CSCCC(NC(=O)C(N)Cc1ccccc1)C(=O)NC(C)C(=O)NC(Cc1c[nH]c2ccccc12)C(=O)O. The summed E-state index contributed by atoms with van der Waals surface area (Å²) in [6.07, 6.45) is 4.32. The number of hydrogen-bond acceptors (Lipinski definition) is 6. The lowest BCUT2D eigenvalue weighted by molar-refractivity contribution is -0.142. The third-order valence-corrected chi connectivity index (χ3v) is 6.99. The van der Waals surface area contributed by atoms with Gasteiger partial charge in [0.2, 0.25) is 17.7 Å². The van der Waals surface area contributed by atoms with Crippen molar-refractivity contribution in [2.75, 3.05) is 12.0 Å². The number of aromatic nitrogens is 1. The van der Waals surface area contributed by atoms with Crippen LogP contribution >= 0.6 is 11.8 Å². The van der Waals surface area contributed by atoms with E-state index in [0.29, 0.717) is 18.6 Å². The van der Waals surface area contributed by atoms with Crippen LogP contribution in [-0.4, -0.2) is 70.0 Å². The molecule has 0 aliphatic rings. The van der Waals surface area contributed by atoms with Crippen molar-refractivity contribution in [2.24, 2.45) is 5.73 Å². The summed E-state index contributed by atoms with van der Waals surface area (Å²) in [7, 11) is 0. The second-order valence-electron chi connectivity index (χ2n) is 9.33. The van der Waals surface area contributed by atoms with E-state index in [1.54, 1.807) is 6.20 Å². The van der Waals surface area contributed by atoms with Crippen molar-refractivity contribution in [2.45, 2.75) is 50.4 Å². The molecule has 7 N–H and O–H groups in total. The van der Waals surface area contributed by atoms with Gasteiger partial charge in [-0.05, 0) is 49.0 Å². The third-order valence-electron chi connectivity index (χ3n) is 6.34. The average molecular weight is 554 g/mol. The van der Waals surface area contributed by atoms with Crippen LogP contribution in [0.3, 0.4) is 0 Å². The van der Waals surface area contributed by atoms with Gasteiger partial charge >= 0.3 is 5.97 Å². The molecule has 39 heavy (non-hydrogen) atoms. The van der Waals surface area contributed by atoms with E-state index in [1.807, 2.05) is 60.9 Å². The molecule has 1 heterocycles. The van der Waals surface area contributed by atoms with Crippen LogP contribution in [0.4, 0.5) is 0 Å². The number of aliphatic carboxylic acids is 1. The van der Waals surface area contributed by atoms with Crippen LogP contribution in [0.5, 0.6) is 0 Å². The molecule has 1 aromatic heterocycles. The molecule has 4 unspecified atom stereocenters. The molecule has 0 radical (unpaired) electrons. The molecule has 0 bridgehead atoms. The Hall–Kier alpha value is -3.83. The highest BCUT2D eigenvalue weighted by Gasteiger charge is 2.28. The summed E-state index contributed by atoms with van der Waals surface area (Å²) < 4.78 is 0. The number of hydrogen-bond donors (Lipinski definition) is 6. The number of carboxylic acid groups (broad SMARTS) is 1. The van der Waals surface area contributed by atoms with Crippen LogP contribution in [0.15, 0.2) is 60.8 Å². The average Bonchev–Trinajstić information content (AvgIpc) is 3.33. The van der Waals surface area contributed by atoms with E-state index in [1.165, 1.54) is 18.7 Å². The zero-order valence-electron chi connectivity index (χ0n) is 22.0. The molecular weight excluding hydrogens is 518 g/mol. The number of carboxylic acids is 1. The first-order chi connectivity index (χ1) is 18.7. The van der Waals surface area contributed by atoms with Crippen molar-refractivity contribution in [3.05, 3.63) is 71.9 Å². The van der Waals surface area contributed by atoms with Crippen LogP contribution < -0.4 is 21.7 Å². The summed E-state index contributed by atoms with van der Waals surface area (Å²) >= 11 is 1.51. The number of rotatable bonds is 14. The van der Waals surface area contributed by atoms with Gasteiger partial charge in [0, 0.05) is 23.5 Å². The number of amides is 3. The van der Waals surface area contributed by atoms with Crippen molar-refractivity contribution < 1.29 is 24.3 Å². The van der Waals surface area contributed by atoms with E-state index in [0.717, 1.165) is 22.0 Å². The number of benzene rings is 2. The maximum absolute atomic E-state index is 13.0. The molecule has 0 fully saturated rings. The standard InChI is InChI=1S/C28H35N5O5S/c1-17(25(34)33-24(28(37)38)15-19-16-30-22-11-7-6-10-20(19)22)31-27(36)23(12-13-39-2)32-26(35)21(29)14-18-8-4-3-5-9-18/h3-11,16-17,21,23-24,30H,12-15,29H2,1-2H3,(H,31,36)(H,32,35)(H,33,34)(H,37,38). The number of para-hydroxylation sites is 1. The highest BCUT2D eigenvalue weighted by atomic mass is 32.2. The van der Waals surface area contributed by atoms with Crippen molar-refractivity contribution in [3.63, 3.8) is 0 Å². The highest BCUT2D eigenvalue weighted by molar-refractivity contribution is 7.98. The molecule has 4 atom stereocenters. The molecule has 3 rings (SSSR count). The number of H-pyrrole nitrogens is 1. The van der Waals surface area contributed by atoms with Crippen molar-refractivity contribution >= 4 is 46.4 Å². The van der Waals surface area contributed by atoms with Crippen LogP contribution in [0.25, 0.3) is 10.9 Å². The minimum Gasteiger partial charge on any atom is -0.480 e. The van der Waals surface area contributed by atoms with Gasteiger partial charge in [-0.1, -0.05) is 48.5 Å². The minimum absolute atomic E-state index is 0.0669. The molecule has 2 aromatic carbocycles. The van der Waals surface area contributed by atoms with Crippen molar-refractivity contribution in [1.29, 1.82) is 0 Å². The van der Waals surface area contributed by atoms with Crippen LogP contribution in [-0.2, 0) is 32.0 Å². The first-order valence-electron chi connectivity index (χ1n) is 12.7. The summed E-state index contributed by atoms with van der Waals surface area (Å²) in [4.78, 5) is 53.6. The molecule has 0 spiro atoms.